The van der Waals surface area contributed by atoms with E-state index in [4.69, 9.17) is 4.74 Å². The van der Waals surface area contributed by atoms with Crippen LogP contribution in [0.2, 0.25) is 0 Å². The number of rotatable bonds is 8. The summed E-state index contributed by atoms with van der Waals surface area (Å²) >= 11 is 1.57. The van der Waals surface area contributed by atoms with E-state index in [-0.39, 0.29) is 11.2 Å². The molecular formula is C23H23F2N5OS. The number of hydrogen-bond acceptors (Lipinski definition) is 6. The molecule has 0 aliphatic rings. The van der Waals surface area contributed by atoms with Crippen LogP contribution in [-0.2, 0) is 12.0 Å². The lowest BCUT2D eigenvalue weighted by molar-refractivity contribution is 0.0397. The van der Waals surface area contributed by atoms with Crippen LogP contribution in [0.3, 0.4) is 0 Å². The fraction of sp³-hybridized carbons (Fsp3) is 0.304. The van der Waals surface area contributed by atoms with Crippen molar-refractivity contribution in [2.45, 2.75) is 39.3 Å². The van der Waals surface area contributed by atoms with E-state index in [1.807, 2.05) is 41.8 Å². The third kappa shape index (κ3) is 4.38. The zero-order chi connectivity index (χ0) is 22.7. The van der Waals surface area contributed by atoms with Gasteiger partial charge in [0.1, 0.15) is 17.4 Å². The number of ether oxygens (including phenoxy) is 1. The highest BCUT2D eigenvalue weighted by Gasteiger charge is 2.32. The van der Waals surface area contributed by atoms with Crippen molar-refractivity contribution in [2.24, 2.45) is 5.92 Å². The standard InChI is InChI=1S/C23H23F2N5OS/c1-15(2)23(3,18-8-10-19(11-9-18)31-14-20-26-12-13-32-20)17-6-4-16(5-7-17)21-27-29-30(28-21)22(24)25/h4-13,15,22H,14H2,1-3H3. The predicted octanol–water partition coefficient (Wildman–Crippen LogP) is 5.73. The normalized spacial score (nSPS) is 13.5. The maximum Gasteiger partial charge on any atom is 0.350 e. The van der Waals surface area contributed by atoms with Crippen molar-refractivity contribution in [3.05, 3.63) is 76.2 Å². The zero-order valence-corrected chi connectivity index (χ0v) is 18.8. The fourth-order valence-corrected chi connectivity index (χ4v) is 4.12. The van der Waals surface area contributed by atoms with Gasteiger partial charge in [0.05, 0.1) is 0 Å². The quantitative estimate of drug-likeness (QED) is 0.339. The number of halogens is 2. The second kappa shape index (κ2) is 9.12. The summed E-state index contributed by atoms with van der Waals surface area (Å²) in [6.45, 7) is 4.19. The van der Waals surface area contributed by atoms with Crippen molar-refractivity contribution in [1.82, 2.24) is 25.2 Å². The lowest BCUT2D eigenvalue weighted by Gasteiger charge is -2.35. The van der Waals surface area contributed by atoms with Gasteiger partial charge in [0, 0.05) is 22.6 Å². The summed E-state index contributed by atoms with van der Waals surface area (Å²) in [7, 11) is 0. The summed E-state index contributed by atoms with van der Waals surface area (Å²) in [6, 6.07) is 15.8. The first kappa shape index (κ1) is 22.0. The van der Waals surface area contributed by atoms with Crippen LogP contribution >= 0.6 is 11.3 Å². The molecule has 2 heterocycles. The summed E-state index contributed by atoms with van der Waals surface area (Å²) in [5.74, 6) is 1.26. The Morgan fingerprint density at radius 3 is 2.22 bits per heavy atom. The van der Waals surface area contributed by atoms with E-state index in [1.54, 1.807) is 17.5 Å². The van der Waals surface area contributed by atoms with Gasteiger partial charge in [-0.1, -0.05) is 62.0 Å². The molecule has 1 unspecified atom stereocenters. The molecule has 166 valence electrons. The van der Waals surface area contributed by atoms with Crippen molar-refractivity contribution in [3.8, 4) is 17.1 Å². The van der Waals surface area contributed by atoms with E-state index in [0.29, 0.717) is 22.9 Å². The van der Waals surface area contributed by atoms with Gasteiger partial charge in [0.15, 0.2) is 0 Å². The van der Waals surface area contributed by atoms with Gasteiger partial charge in [-0.25, -0.2) is 4.98 Å². The van der Waals surface area contributed by atoms with Gasteiger partial charge in [-0.15, -0.1) is 21.5 Å². The molecule has 4 rings (SSSR count). The third-order valence-corrected chi connectivity index (χ3v) is 6.55. The van der Waals surface area contributed by atoms with Gasteiger partial charge in [0.2, 0.25) is 5.82 Å². The summed E-state index contributed by atoms with van der Waals surface area (Å²) < 4.78 is 31.3. The number of aromatic nitrogens is 5. The van der Waals surface area contributed by atoms with Gasteiger partial charge in [0.25, 0.3) is 0 Å². The topological polar surface area (TPSA) is 65.7 Å². The van der Waals surface area contributed by atoms with Gasteiger partial charge >= 0.3 is 6.55 Å². The Kier molecular flexibility index (Phi) is 6.27. The molecule has 0 saturated heterocycles. The van der Waals surface area contributed by atoms with Crippen molar-refractivity contribution in [1.29, 1.82) is 0 Å². The Balaban J connectivity index is 1.56. The van der Waals surface area contributed by atoms with E-state index >= 15 is 0 Å². The molecule has 4 aromatic rings. The molecule has 9 heteroatoms. The second-order valence-electron chi connectivity index (χ2n) is 7.88. The maximum atomic E-state index is 12.7. The van der Waals surface area contributed by atoms with Crippen LogP contribution in [-0.4, -0.2) is 25.2 Å². The molecule has 32 heavy (non-hydrogen) atoms. The number of alkyl halides is 2. The highest BCUT2D eigenvalue weighted by atomic mass is 32.1. The molecule has 0 aliphatic heterocycles. The summed E-state index contributed by atoms with van der Waals surface area (Å²) in [6.07, 6.45) is 1.77. The van der Waals surface area contributed by atoms with Crippen LogP contribution in [0.5, 0.6) is 5.75 Å². The SMILES string of the molecule is CC(C)C(C)(c1ccc(OCc2nccs2)cc1)c1ccc(-c2nnn(C(F)F)n2)cc1. The second-order valence-corrected chi connectivity index (χ2v) is 8.86. The van der Waals surface area contributed by atoms with Crippen molar-refractivity contribution in [2.75, 3.05) is 0 Å². The number of hydrogen-bond donors (Lipinski definition) is 0. The molecule has 1 atom stereocenters. The minimum Gasteiger partial charge on any atom is -0.486 e. The van der Waals surface area contributed by atoms with Crippen LogP contribution in [0.25, 0.3) is 11.4 Å². The van der Waals surface area contributed by atoms with Gasteiger partial charge in [-0.2, -0.15) is 8.78 Å². The minimum atomic E-state index is -2.81. The highest BCUT2D eigenvalue weighted by molar-refractivity contribution is 7.09. The lowest BCUT2D eigenvalue weighted by atomic mass is 9.68. The predicted molar refractivity (Wildman–Crippen MR) is 119 cm³/mol. The van der Waals surface area contributed by atoms with Crippen molar-refractivity contribution >= 4 is 11.3 Å². The molecule has 2 aromatic carbocycles. The van der Waals surface area contributed by atoms with E-state index in [0.717, 1.165) is 21.9 Å². The molecule has 0 spiro atoms. The summed E-state index contributed by atoms with van der Waals surface area (Å²) in [4.78, 5) is 4.54. The van der Waals surface area contributed by atoms with Gasteiger partial charge in [-0.05, 0) is 34.4 Å². The van der Waals surface area contributed by atoms with E-state index in [2.05, 4.69) is 53.3 Å². The Bertz CT molecular complexity index is 1140. The minimum absolute atomic E-state index is 0.171. The van der Waals surface area contributed by atoms with Gasteiger partial charge < -0.3 is 4.74 Å². The Morgan fingerprint density at radius 2 is 1.69 bits per heavy atom. The first-order valence-electron chi connectivity index (χ1n) is 10.2. The van der Waals surface area contributed by atoms with Crippen molar-refractivity contribution < 1.29 is 13.5 Å². The Hall–Kier alpha value is -3.20. The van der Waals surface area contributed by atoms with Crippen LogP contribution in [0, 0.1) is 5.92 Å². The molecule has 0 bridgehead atoms. The van der Waals surface area contributed by atoms with E-state index in [1.165, 1.54) is 0 Å². The smallest absolute Gasteiger partial charge is 0.350 e. The number of nitrogens with zero attached hydrogens (tertiary/aromatic N) is 5. The summed E-state index contributed by atoms with van der Waals surface area (Å²) in [5, 5.41) is 13.7. The fourth-order valence-electron chi connectivity index (χ4n) is 3.59. The van der Waals surface area contributed by atoms with E-state index in [9.17, 15) is 8.78 Å². The lowest BCUT2D eigenvalue weighted by Crippen LogP contribution is -2.30. The highest BCUT2D eigenvalue weighted by Crippen LogP contribution is 2.40. The largest absolute Gasteiger partial charge is 0.486 e. The molecule has 0 aliphatic carbocycles. The van der Waals surface area contributed by atoms with E-state index < -0.39 is 6.55 Å². The number of tetrazole rings is 1. The third-order valence-electron chi connectivity index (χ3n) is 5.80. The molecular weight excluding hydrogens is 432 g/mol. The molecule has 0 N–H and O–H groups in total. The Morgan fingerprint density at radius 1 is 1.03 bits per heavy atom. The first-order chi connectivity index (χ1) is 15.4. The molecule has 6 nitrogen and oxygen atoms in total. The number of thiazole rings is 1. The maximum absolute atomic E-state index is 12.7. The van der Waals surface area contributed by atoms with Crippen LogP contribution in [0.1, 0.15) is 43.5 Å². The molecule has 0 saturated carbocycles. The average molecular weight is 456 g/mol. The molecule has 2 aromatic heterocycles. The van der Waals surface area contributed by atoms with Crippen LogP contribution < -0.4 is 4.74 Å². The molecule has 0 radical (unpaired) electrons. The van der Waals surface area contributed by atoms with Gasteiger partial charge in [-0.3, -0.25) is 0 Å². The van der Waals surface area contributed by atoms with Crippen molar-refractivity contribution in [3.63, 3.8) is 0 Å². The van der Waals surface area contributed by atoms with Crippen LogP contribution in [0.15, 0.2) is 60.1 Å². The average Bonchev–Trinajstić information content (AvgIpc) is 3.50. The molecule has 0 amide bonds. The Labute approximate surface area is 188 Å². The monoisotopic (exact) mass is 455 g/mol. The summed E-state index contributed by atoms with van der Waals surface area (Å²) in [5.41, 5.74) is 2.63. The zero-order valence-electron chi connectivity index (χ0n) is 17.9. The number of benzene rings is 2. The first-order valence-corrected chi connectivity index (χ1v) is 11.1. The molecule has 0 fully saturated rings. The van der Waals surface area contributed by atoms with Crippen LogP contribution in [0.4, 0.5) is 8.78 Å².